The van der Waals surface area contributed by atoms with E-state index < -0.39 is 0 Å². The molecule has 3 heteroatoms. The van der Waals surface area contributed by atoms with Crippen molar-refractivity contribution in [3.8, 4) is 56.2 Å². The Morgan fingerprint density at radius 2 is 0.953 bits per heavy atom. The molecule has 43 heavy (non-hydrogen) atoms. The minimum Gasteiger partial charge on any atom is -0.228 e. The zero-order valence-corrected chi connectivity index (χ0v) is 24.1. The Morgan fingerprint density at radius 3 is 1.72 bits per heavy atom. The van der Waals surface area contributed by atoms with E-state index in [0.29, 0.717) is 5.82 Å². The van der Waals surface area contributed by atoms with E-state index in [1.54, 1.807) is 0 Å². The van der Waals surface area contributed by atoms with Crippen molar-refractivity contribution in [3.05, 3.63) is 158 Å². The van der Waals surface area contributed by atoms with Gasteiger partial charge in [0.05, 0.1) is 11.4 Å². The van der Waals surface area contributed by atoms with Gasteiger partial charge in [0.15, 0.2) is 5.82 Å². The molecule has 2 nitrogen and oxygen atoms in total. The molecular formula is C40H26N2S. The summed E-state index contributed by atoms with van der Waals surface area (Å²) in [5.74, 6) is 0.716. The third kappa shape index (κ3) is 4.61. The Kier molecular flexibility index (Phi) is 6.36. The van der Waals surface area contributed by atoms with Crippen LogP contribution in [0.5, 0.6) is 0 Å². The smallest absolute Gasteiger partial charge is 0.160 e. The number of rotatable bonds is 5. The van der Waals surface area contributed by atoms with Gasteiger partial charge in [-0.3, -0.25) is 0 Å². The molecule has 0 radical (unpaired) electrons. The molecule has 0 unspecified atom stereocenters. The van der Waals surface area contributed by atoms with Crippen molar-refractivity contribution in [1.82, 2.24) is 9.97 Å². The summed E-state index contributed by atoms with van der Waals surface area (Å²) >= 11 is 1.86. The third-order valence-electron chi connectivity index (χ3n) is 7.93. The van der Waals surface area contributed by atoms with Crippen molar-refractivity contribution >= 4 is 31.5 Å². The topological polar surface area (TPSA) is 25.8 Å². The lowest BCUT2D eigenvalue weighted by Gasteiger charge is -2.17. The minimum absolute atomic E-state index is 0.716. The van der Waals surface area contributed by atoms with Gasteiger partial charge in [0.25, 0.3) is 0 Å². The van der Waals surface area contributed by atoms with Gasteiger partial charge >= 0.3 is 0 Å². The summed E-state index contributed by atoms with van der Waals surface area (Å²) in [6, 6.07) is 55.4. The van der Waals surface area contributed by atoms with Crippen LogP contribution in [-0.2, 0) is 0 Å². The molecule has 0 aliphatic heterocycles. The average Bonchev–Trinajstić information content (AvgIpc) is 3.48. The molecule has 0 spiro atoms. The lowest BCUT2D eigenvalue weighted by atomic mass is 9.88. The number of hydrogen-bond donors (Lipinski definition) is 0. The SMILES string of the molecule is c1ccc(-c2cc(-c3cccc(-c4cccc5c4sc4ccccc45)c3-c3ccccc3)nc(-c3ccccc3)n2)cc1. The summed E-state index contributed by atoms with van der Waals surface area (Å²) in [6.45, 7) is 0. The number of thiophene rings is 1. The Bertz CT molecular complexity index is 2160. The van der Waals surface area contributed by atoms with Gasteiger partial charge in [0, 0.05) is 42.4 Å². The van der Waals surface area contributed by atoms with Crippen LogP contribution >= 0.6 is 11.3 Å². The number of nitrogens with zero attached hydrogens (tertiary/aromatic N) is 2. The number of hydrogen-bond acceptors (Lipinski definition) is 3. The second-order valence-corrected chi connectivity index (χ2v) is 11.6. The van der Waals surface area contributed by atoms with Crippen LogP contribution in [0.2, 0.25) is 0 Å². The first-order valence-electron chi connectivity index (χ1n) is 14.4. The van der Waals surface area contributed by atoms with Crippen LogP contribution in [0, 0.1) is 0 Å². The second-order valence-electron chi connectivity index (χ2n) is 10.6. The predicted octanol–water partition coefficient (Wildman–Crippen LogP) is 11.2. The first kappa shape index (κ1) is 25.3. The van der Waals surface area contributed by atoms with Crippen LogP contribution in [0.1, 0.15) is 0 Å². The molecule has 0 fully saturated rings. The van der Waals surface area contributed by atoms with E-state index in [4.69, 9.17) is 9.97 Å². The molecule has 0 aliphatic carbocycles. The molecule has 2 aromatic heterocycles. The fraction of sp³-hybridized carbons (Fsp3) is 0. The maximum atomic E-state index is 5.21. The van der Waals surface area contributed by atoms with Gasteiger partial charge in [-0.05, 0) is 28.8 Å². The summed E-state index contributed by atoms with van der Waals surface area (Å²) in [6.07, 6.45) is 0. The first-order chi connectivity index (χ1) is 21.3. The van der Waals surface area contributed by atoms with Crippen molar-refractivity contribution in [2.75, 3.05) is 0 Å². The third-order valence-corrected chi connectivity index (χ3v) is 9.14. The molecule has 2 heterocycles. The van der Waals surface area contributed by atoms with E-state index >= 15 is 0 Å². The number of benzene rings is 6. The minimum atomic E-state index is 0.716. The zero-order chi connectivity index (χ0) is 28.6. The quantitative estimate of drug-likeness (QED) is 0.207. The highest BCUT2D eigenvalue weighted by molar-refractivity contribution is 7.26. The van der Waals surface area contributed by atoms with E-state index in [1.807, 2.05) is 35.6 Å². The van der Waals surface area contributed by atoms with Crippen LogP contribution < -0.4 is 0 Å². The average molecular weight is 567 g/mol. The largest absolute Gasteiger partial charge is 0.228 e. The maximum Gasteiger partial charge on any atom is 0.160 e. The van der Waals surface area contributed by atoms with Gasteiger partial charge in [-0.2, -0.15) is 0 Å². The predicted molar refractivity (Wildman–Crippen MR) is 182 cm³/mol. The highest BCUT2D eigenvalue weighted by atomic mass is 32.1. The molecule has 6 aromatic carbocycles. The Hall–Kier alpha value is -5.38. The fourth-order valence-corrected chi connectivity index (χ4v) is 7.15. The molecule has 0 N–H and O–H groups in total. The van der Waals surface area contributed by atoms with E-state index in [1.165, 1.54) is 36.9 Å². The molecule has 0 aliphatic rings. The number of fused-ring (bicyclic) bond motifs is 3. The van der Waals surface area contributed by atoms with Gasteiger partial charge in [-0.25, -0.2) is 9.97 Å². The number of aromatic nitrogens is 2. The summed E-state index contributed by atoms with van der Waals surface area (Å²) in [7, 11) is 0. The summed E-state index contributed by atoms with van der Waals surface area (Å²) in [5.41, 5.74) is 9.71. The molecular weight excluding hydrogens is 541 g/mol. The van der Waals surface area contributed by atoms with Gasteiger partial charge in [0.1, 0.15) is 0 Å². The zero-order valence-electron chi connectivity index (χ0n) is 23.3. The van der Waals surface area contributed by atoms with Crippen molar-refractivity contribution in [2.45, 2.75) is 0 Å². The van der Waals surface area contributed by atoms with Crippen LogP contribution in [-0.4, -0.2) is 9.97 Å². The molecule has 0 atom stereocenters. The van der Waals surface area contributed by atoms with Crippen molar-refractivity contribution < 1.29 is 0 Å². The van der Waals surface area contributed by atoms with Crippen LogP contribution in [0.15, 0.2) is 158 Å². The highest BCUT2D eigenvalue weighted by Gasteiger charge is 2.19. The Balaban J connectivity index is 1.42. The summed E-state index contributed by atoms with van der Waals surface area (Å²) < 4.78 is 2.61. The monoisotopic (exact) mass is 566 g/mol. The lowest BCUT2D eigenvalue weighted by Crippen LogP contribution is -1.98. The van der Waals surface area contributed by atoms with Gasteiger partial charge in [-0.15, -0.1) is 11.3 Å². The van der Waals surface area contributed by atoms with E-state index in [0.717, 1.165) is 33.6 Å². The Morgan fingerprint density at radius 1 is 0.395 bits per heavy atom. The van der Waals surface area contributed by atoms with Gasteiger partial charge < -0.3 is 0 Å². The van der Waals surface area contributed by atoms with E-state index in [9.17, 15) is 0 Å². The van der Waals surface area contributed by atoms with Crippen LogP contribution in [0.4, 0.5) is 0 Å². The molecule has 0 saturated carbocycles. The van der Waals surface area contributed by atoms with Crippen molar-refractivity contribution in [3.63, 3.8) is 0 Å². The van der Waals surface area contributed by atoms with Crippen molar-refractivity contribution in [1.29, 1.82) is 0 Å². The van der Waals surface area contributed by atoms with E-state index in [-0.39, 0.29) is 0 Å². The Labute approximate surface area is 254 Å². The lowest BCUT2D eigenvalue weighted by molar-refractivity contribution is 1.18. The maximum absolute atomic E-state index is 5.21. The normalized spacial score (nSPS) is 11.3. The standard InChI is InChI=1S/C40H26N2S/c1-4-14-27(15-5-1)35-26-36(42-40(41-35)29-18-8-3-9-19-29)34-24-12-21-31(38(34)28-16-6-2-7-17-28)33-23-13-22-32-30-20-10-11-25-37(30)43-39(32)33/h1-26H. The second kappa shape index (κ2) is 10.8. The molecule has 8 rings (SSSR count). The molecule has 202 valence electrons. The summed E-state index contributed by atoms with van der Waals surface area (Å²) in [5, 5.41) is 2.60. The molecule has 0 saturated heterocycles. The first-order valence-corrected chi connectivity index (χ1v) is 15.2. The van der Waals surface area contributed by atoms with Crippen molar-refractivity contribution in [2.24, 2.45) is 0 Å². The van der Waals surface area contributed by atoms with E-state index in [2.05, 4.69) is 133 Å². The molecule has 0 bridgehead atoms. The molecule has 8 aromatic rings. The van der Waals surface area contributed by atoms with Crippen LogP contribution in [0.3, 0.4) is 0 Å². The van der Waals surface area contributed by atoms with Gasteiger partial charge in [0.2, 0.25) is 0 Å². The highest BCUT2D eigenvalue weighted by Crippen LogP contribution is 2.45. The summed E-state index contributed by atoms with van der Waals surface area (Å²) in [4.78, 5) is 10.2. The molecule has 0 amide bonds. The fourth-order valence-electron chi connectivity index (χ4n) is 5.92. The van der Waals surface area contributed by atoms with Gasteiger partial charge in [-0.1, -0.05) is 146 Å². The van der Waals surface area contributed by atoms with Crippen LogP contribution in [0.25, 0.3) is 76.3 Å².